The molecule has 0 bridgehead atoms. The normalized spacial score (nSPS) is 19.2. The summed E-state index contributed by atoms with van der Waals surface area (Å²) in [5.41, 5.74) is 2.29. The summed E-state index contributed by atoms with van der Waals surface area (Å²) in [5.74, 6) is -0.890. The smallest absolute Gasteiger partial charge is 0.310 e. The lowest BCUT2D eigenvalue weighted by Gasteiger charge is -2.23. The third kappa shape index (κ3) is 4.30. The van der Waals surface area contributed by atoms with Crippen LogP contribution in [-0.2, 0) is 16.6 Å². The molecule has 2 unspecified atom stereocenters. The molecule has 0 spiro atoms. The van der Waals surface area contributed by atoms with Gasteiger partial charge in [-0.05, 0) is 39.2 Å². The lowest BCUT2D eigenvalue weighted by atomic mass is 9.94. The number of ether oxygens (including phenoxy) is 1. The van der Waals surface area contributed by atoms with E-state index in [4.69, 9.17) is 4.74 Å². The zero-order valence-electron chi connectivity index (χ0n) is 18.1. The van der Waals surface area contributed by atoms with Gasteiger partial charge in [0.15, 0.2) is 0 Å². The first-order chi connectivity index (χ1) is 14.2. The molecule has 30 heavy (non-hydrogen) atoms. The fraction of sp³-hybridized carbons (Fsp3) is 0.571. The summed E-state index contributed by atoms with van der Waals surface area (Å²) in [6.07, 6.45) is 4.37. The van der Waals surface area contributed by atoms with Crippen molar-refractivity contribution in [3.05, 3.63) is 32.2 Å². The molecule has 8 nitrogen and oxygen atoms in total. The number of carbonyl (C=O) groups excluding carboxylic acids is 2. The Balaban J connectivity index is 1.91. The third-order valence-electron chi connectivity index (χ3n) is 5.78. The molecule has 1 N–H and O–H groups in total. The van der Waals surface area contributed by atoms with Gasteiger partial charge in [0.05, 0.1) is 30.0 Å². The largest absolute Gasteiger partial charge is 0.469 e. The van der Waals surface area contributed by atoms with Crippen LogP contribution in [0.4, 0.5) is 0 Å². The molecule has 1 amide bonds. The monoisotopic (exact) mass is 432 g/mol. The average Bonchev–Trinajstić information content (AvgIpc) is 2.94. The molecule has 2 atom stereocenters. The predicted molar refractivity (Wildman–Crippen MR) is 115 cm³/mol. The van der Waals surface area contributed by atoms with E-state index in [0.29, 0.717) is 27.6 Å². The molecule has 0 aromatic carbocycles. The maximum Gasteiger partial charge on any atom is 0.310 e. The Morgan fingerprint density at radius 1 is 1.13 bits per heavy atom. The average molecular weight is 433 g/mol. The minimum absolute atomic E-state index is 0.242. The van der Waals surface area contributed by atoms with Crippen molar-refractivity contribution in [2.24, 2.45) is 13.0 Å². The quantitative estimate of drug-likeness (QED) is 0.589. The SMILES string of the molecule is COC(=O)C1CCCCCC1NC(=O)c1sc(-c2c(C)c(C)nn(C)c2=O)nc1C. The molecule has 2 aromatic heterocycles. The van der Waals surface area contributed by atoms with Crippen molar-refractivity contribution in [2.75, 3.05) is 7.11 Å². The number of esters is 1. The van der Waals surface area contributed by atoms with Gasteiger partial charge in [0, 0.05) is 13.1 Å². The molecule has 2 aromatic rings. The van der Waals surface area contributed by atoms with Crippen molar-refractivity contribution in [1.29, 1.82) is 0 Å². The van der Waals surface area contributed by atoms with E-state index in [1.807, 2.05) is 13.8 Å². The minimum atomic E-state index is -0.341. The second-order valence-corrected chi connectivity index (χ2v) is 8.79. The van der Waals surface area contributed by atoms with E-state index in [0.717, 1.165) is 36.9 Å². The van der Waals surface area contributed by atoms with E-state index in [9.17, 15) is 14.4 Å². The van der Waals surface area contributed by atoms with Crippen LogP contribution in [0.2, 0.25) is 0 Å². The van der Waals surface area contributed by atoms with E-state index < -0.39 is 0 Å². The number of rotatable bonds is 4. The first kappa shape index (κ1) is 22.1. The van der Waals surface area contributed by atoms with Crippen molar-refractivity contribution >= 4 is 23.2 Å². The fourth-order valence-corrected chi connectivity index (χ4v) is 5.03. The maximum absolute atomic E-state index is 13.1. The second-order valence-electron chi connectivity index (χ2n) is 7.80. The van der Waals surface area contributed by atoms with Gasteiger partial charge in [-0.3, -0.25) is 14.4 Å². The standard InChI is InChI=1S/C21H28N4O4S/c1-11-12(2)24-25(4)20(27)16(11)19-22-13(3)17(30-19)18(26)23-15-10-8-6-7-9-14(15)21(28)29-5/h14-15H,6-10H2,1-5H3,(H,23,26). The van der Waals surface area contributed by atoms with E-state index in [1.165, 1.54) is 23.1 Å². The molecule has 3 rings (SSSR count). The summed E-state index contributed by atoms with van der Waals surface area (Å²) in [4.78, 5) is 42.9. The number of nitrogens with zero attached hydrogens (tertiary/aromatic N) is 3. The van der Waals surface area contributed by atoms with Gasteiger partial charge in [-0.25, -0.2) is 9.67 Å². The number of thiazole rings is 1. The molecule has 0 radical (unpaired) electrons. The highest BCUT2D eigenvalue weighted by atomic mass is 32.1. The Morgan fingerprint density at radius 3 is 2.53 bits per heavy atom. The topological polar surface area (TPSA) is 103 Å². The number of aryl methyl sites for hydroxylation is 3. The first-order valence-electron chi connectivity index (χ1n) is 10.2. The van der Waals surface area contributed by atoms with Gasteiger partial charge in [0.1, 0.15) is 9.88 Å². The van der Waals surface area contributed by atoms with E-state index in [1.54, 1.807) is 14.0 Å². The Labute approximate surface area is 179 Å². The molecule has 1 aliphatic rings. The highest BCUT2D eigenvalue weighted by Gasteiger charge is 2.32. The van der Waals surface area contributed by atoms with Crippen molar-refractivity contribution in [3.63, 3.8) is 0 Å². The first-order valence-corrected chi connectivity index (χ1v) is 11.0. The second kappa shape index (κ2) is 9.07. The molecular formula is C21H28N4O4S. The van der Waals surface area contributed by atoms with Crippen molar-refractivity contribution in [2.45, 2.75) is 58.9 Å². The zero-order valence-corrected chi connectivity index (χ0v) is 18.9. The summed E-state index contributed by atoms with van der Waals surface area (Å²) in [5, 5.41) is 7.74. The van der Waals surface area contributed by atoms with Crippen LogP contribution in [0.5, 0.6) is 0 Å². The number of nitrogens with one attached hydrogen (secondary N) is 1. The van der Waals surface area contributed by atoms with Crippen LogP contribution in [0.25, 0.3) is 10.6 Å². The summed E-state index contributed by atoms with van der Waals surface area (Å²) < 4.78 is 6.25. The number of amides is 1. The van der Waals surface area contributed by atoms with Crippen LogP contribution in [0.1, 0.15) is 58.7 Å². The fourth-order valence-electron chi connectivity index (χ4n) is 3.96. The lowest BCUT2D eigenvalue weighted by Crippen LogP contribution is -2.43. The number of methoxy groups -OCH3 is 1. The Kier molecular flexibility index (Phi) is 6.70. The third-order valence-corrected chi connectivity index (χ3v) is 6.95. The summed E-state index contributed by atoms with van der Waals surface area (Å²) >= 11 is 1.20. The van der Waals surface area contributed by atoms with Gasteiger partial charge in [-0.15, -0.1) is 11.3 Å². The number of aromatic nitrogens is 3. The van der Waals surface area contributed by atoms with Gasteiger partial charge in [-0.1, -0.05) is 19.3 Å². The molecule has 0 aliphatic heterocycles. The van der Waals surface area contributed by atoms with E-state index in [2.05, 4.69) is 15.4 Å². The van der Waals surface area contributed by atoms with Crippen molar-refractivity contribution < 1.29 is 14.3 Å². The maximum atomic E-state index is 13.1. The Morgan fingerprint density at radius 2 is 1.83 bits per heavy atom. The summed E-state index contributed by atoms with van der Waals surface area (Å²) in [6, 6.07) is -0.268. The highest BCUT2D eigenvalue weighted by Crippen LogP contribution is 2.30. The number of hydrogen-bond donors (Lipinski definition) is 1. The molecule has 2 heterocycles. The Bertz CT molecular complexity index is 1030. The van der Waals surface area contributed by atoms with Crippen LogP contribution in [-0.4, -0.2) is 39.8 Å². The van der Waals surface area contributed by atoms with Gasteiger partial charge in [-0.2, -0.15) is 5.10 Å². The van der Waals surface area contributed by atoms with E-state index >= 15 is 0 Å². The van der Waals surface area contributed by atoms with E-state index in [-0.39, 0.29) is 29.4 Å². The van der Waals surface area contributed by atoms with Crippen molar-refractivity contribution in [3.8, 4) is 10.6 Å². The summed E-state index contributed by atoms with van der Waals surface area (Å²) in [7, 11) is 2.98. The molecule has 0 saturated heterocycles. The molecule has 1 aliphatic carbocycles. The number of hydrogen-bond acceptors (Lipinski definition) is 7. The van der Waals surface area contributed by atoms with Gasteiger partial charge >= 0.3 is 5.97 Å². The molecule has 1 fully saturated rings. The van der Waals surface area contributed by atoms with Gasteiger partial charge < -0.3 is 10.1 Å². The Hall–Kier alpha value is -2.55. The zero-order chi connectivity index (χ0) is 22.0. The number of carbonyl (C=O) groups is 2. The van der Waals surface area contributed by atoms with Crippen molar-refractivity contribution in [1.82, 2.24) is 20.1 Å². The van der Waals surface area contributed by atoms with Crippen LogP contribution in [0.15, 0.2) is 4.79 Å². The molecule has 9 heteroatoms. The summed E-state index contributed by atoms with van der Waals surface area (Å²) in [6.45, 7) is 5.43. The predicted octanol–water partition coefficient (Wildman–Crippen LogP) is 2.68. The van der Waals surface area contributed by atoms with Crippen LogP contribution < -0.4 is 10.9 Å². The lowest BCUT2D eigenvalue weighted by molar-refractivity contribution is -0.146. The van der Waals surface area contributed by atoms with Gasteiger partial charge in [0.25, 0.3) is 11.5 Å². The van der Waals surface area contributed by atoms with Crippen LogP contribution in [0.3, 0.4) is 0 Å². The minimum Gasteiger partial charge on any atom is -0.469 e. The highest BCUT2D eigenvalue weighted by molar-refractivity contribution is 7.17. The molecular weight excluding hydrogens is 404 g/mol. The van der Waals surface area contributed by atoms with Crippen LogP contribution >= 0.6 is 11.3 Å². The molecule has 1 saturated carbocycles. The van der Waals surface area contributed by atoms with Gasteiger partial charge in [0.2, 0.25) is 0 Å². The van der Waals surface area contributed by atoms with Crippen LogP contribution in [0, 0.1) is 26.7 Å². The molecule has 162 valence electrons.